The van der Waals surface area contributed by atoms with Crippen LogP contribution in [0.3, 0.4) is 0 Å². The van der Waals surface area contributed by atoms with Crippen LogP contribution < -0.4 is 16.0 Å². The van der Waals surface area contributed by atoms with Gasteiger partial charge in [-0.05, 0) is 61.9 Å². The molecule has 0 radical (unpaired) electrons. The van der Waals surface area contributed by atoms with Crippen molar-refractivity contribution >= 4 is 23.2 Å². The van der Waals surface area contributed by atoms with Gasteiger partial charge in [0.15, 0.2) is 11.6 Å². The van der Waals surface area contributed by atoms with Crippen molar-refractivity contribution in [2.45, 2.75) is 69.1 Å². The third-order valence-electron chi connectivity index (χ3n) is 7.84. The summed E-state index contributed by atoms with van der Waals surface area (Å²) in [6.07, 6.45) is 5.78. The standard InChI is InChI=1S/C28H33F3N4O3/c1-2-17-5-10-22(21(30)13-17)34-24-19(8-9-20(29)23(24)31)25(36)35-15-27(38,16-35)14-32-28(11-3-4-12-28)26(37)33-18-6-7-18/h5,8-10,13,18,32,34,38H,2-4,6-7,11-12,14-16H2,1H3,(H,33,37). The summed E-state index contributed by atoms with van der Waals surface area (Å²) in [5.74, 6) is -3.78. The smallest absolute Gasteiger partial charge is 0.256 e. The largest absolute Gasteiger partial charge is 0.385 e. The summed E-state index contributed by atoms with van der Waals surface area (Å²) in [6, 6.07) is 6.60. The molecule has 2 aromatic carbocycles. The van der Waals surface area contributed by atoms with Gasteiger partial charge >= 0.3 is 0 Å². The van der Waals surface area contributed by atoms with E-state index in [9.17, 15) is 27.9 Å². The molecule has 2 aliphatic carbocycles. The number of rotatable bonds is 9. The number of likely N-dealkylation sites (tertiary alicyclic amines) is 1. The van der Waals surface area contributed by atoms with Gasteiger partial charge in [0.1, 0.15) is 11.4 Å². The van der Waals surface area contributed by atoms with Gasteiger partial charge in [-0.15, -0.1) is 0 Å². The average molecular weight is 531 g/mol. The fourth-order valence-electron chi connectivity index (χ4n) is 5.30. The Morgan fingerprint density at radius 3 is 2.39 bits per heavy atom. The van der Waals surface area contributed by atoms with Crippen LogP contribution in [0.15, 0.2) is 30.3 Å². The molecule has 38 heavy (non-hydrogen) atoms. The predicted molar refractivity (Wildman–Crippen MR) is 137 cm³/mol. The number of aliphatic hydroxyl groups is 1. The van der Waals surface area contributed by atoms with E-state index in [2.05, 4.69) is 16.0 Å². The number of hydrogen-bond donors (Lipinski definition) is 4. The van der Waals surface area contributed by atoms with Crippen molar-refractivity contribution in [1.29, 1.82) is 0 Å². The fourth-order valence-corrected chi connectivity index (χ4v) is 5.30. The second-order valence-electron chi connectivity index (χ2n) is 10.9. The Morgan fingerprint density at radius 1 is 1.05 bits per heavy atom. The van der Waals surface area contributed by atoms with Gasteiger partial charge in [-0.25, -0.2) is 13.2 Å². The summed E-state index contributed by atoms with van der Waals surface area (Å²) in [6.45, 7) is 1.90. The Kier molecular flexibility index (Phi) is 7.13. The van der Waals surface area contributed by atoms with Crippen LogP contribution in [0.2, 0.25) is 0 Å². The minimum absolute atomic E-state index is 0.0370. The van der Waals surface area contributed by atoms with E-state index in [0.29, 0.717) is 19.3 Å². The summed E-state index contributed by atoms with van der Waals surface area (Å²) in [5, 5.41) is 19.9. The SMILES string of the molecule is CCc1ccc(Nc2c(C(=O)N3CC(O)(CNC4(C(=O)NC5CC5)CCCC4)C3)ccc(F)c2F)c(F)c1. The van der Waals surface area contributed by atoms with Crippen LogP contribution in [0, 0.1) is 17.5 Å². The molecule has 2 saturated carbocycles. The van der Waals surface area contributed by atoms with Gasteiger partial charge in [-0.1, -0.05) is 25.8 Å². The van der Waals surface area contributed by atoms with E-state index < -0.39 is 40.2 Å². The summed E-state index contributed by atoms with van der Waals surface area (Å²) in [7, 11) is 0. The lowest BCUT2D eigenvalue weighted by Crippen LogP contribution is -2.70. The molecule has 0 unspecified atom stereocenters. The van der Waals surface area contributed by atoms with Crippen LogP contribution in [-0.2, 0) is 11.2 Å². The highest BCUT2D eigenvalue weighted by molar-refractivity contribution is 6.01. The Morgan fingerprint density at radius 2 is 1.76 bits per heavy atom. The van der Waals surface area contributed by atoms with Crippen LogP contribution in [-0.4, -0.2) is 58.6 Å². The molecular formula is C28H33F3N4O3. The minimum Gasteiger partial charge on any atom is -0.385 e. The number of nitrogens with one attached hydrogen (secondary N) is 3. The highest BCUT2D eigenvalue weighted by atomic mass is 19.2. The number of benzene rings is 2. The number of nitrogens with zero attached hydrogens (tertiary/aromatic N) is 1. The Hall–Kier alpha value is -3.11. The van der Waals surface area contributed by atoms with Crippen molar-refractivity contribution in [2.24, 2.45) is 0 Å². The molecule has 1 aliphatic heterocycles. The molecule has 2 aromatic rings. The highest BCUT2D eigenvalue weighted by Gasteiger charge is 2.48. The van der Waals surface area contributed by atoms with E-state index in [1.54, 1.807) is 6.07 Å². The Bertz CT molecular complexity index is 1240. The van der Waals surface area contributed by atoms with Gasteiger partial charge in [0, 0.05) is 12.6 Å². The fraction of sp³-hybridized carbons (Fsp3) is 0.500. The predicted octanol–water partition coefficient (Wildman–Crippen LogP) is 3.78. The molecule has 3 aliphatic rings. The average Bonchev–Trinajstić information content (AvgIpc) is 3.56. The first-order chi connectivity index (χ1) is 18.1. The van der Waals surface area contributed by atoms with Gasteiger partial charge in [-0.2, -0.15) is 0 Å². The molecule has 0 atom stereocenters. The van der Waals surface area contributed by atoms with E-state index in [0.717, 1.165) is 43.4 Å². The molecule has 4 N–H and O–H groups in total. The maximum Gasteiger partial charge on any atom is 0.256 e. The lowest BCUT2D eigenvalue weighted by atomic mass is 9.89. The molecule has 5 rings (SSSR count). The number of anilines is 2. The van der Waals surface area contributed by atoms with Gasteiger partial charge < -0.3 is 26.0 Å². The van der Waals surface area contributed by atoms with E-state index in [-0.39, 0.29) is 42.8 Å². The zero-order valence-corrected chi connectivity index (χ0v) is 21.4. The first-order valence-corrected chi connectivity index (χ1v) is 13.2. The molecule has 7 nitrogen and oxygen atoms in total. The summed E-state index contributed by atoms with van der Waals surface area (Å²) >= 11 is 0. The van der Waals surface area contributed by atoms with Gasteiger partial charge in [0.25, 0.3) is 5.91 Å². The Labute approximate surface area is 219 Å². The van der Waals surface area contributed by atoms with Gasteiger partial charge in [-0.3, -0.25) is 9.59 Å². The quantitative estimate of drug-likeness (QED) is 0.396. The summed E-state index contributed by atoms with van der Waals surface area (Å²) < 4.78 is 43.4. The molecule has 1 heterocycles. The molecule has 0 spiro atoms. The third kappa shape index (κ3) is 5.24. The van der Waals surface area contributed by atoms with E-state index in [1.165, 1.54) is 17.0 Å². The van der Waals surface area contributed by atoms with Crippen molar-refractivity contribution in [1.82, 2.24) is 15.5 Å². The van der Waals surface area contributed by atoms with Crippen LogP contribution >= 0.6 is 0 Å². The minimum atomic E-state index is -1.29. The molecular weight excluding hydrogens is 497 g/mol. The van der Waals surface area contributed by atoms with Crippen LogP contribution in [0.5, 0.6) is 0 Å². The number of aryl methyl sites for hydroxylation is 1. The first-order valence-electron chi connectivity index (χ1n) is 13.2. The maximum absolute atomic E-state index is 14.8. The molecule has 1 saturated heterocycles. The zero-order chi connectivity index (χ0) is 27.1. The van der Waals surface area contributed by atoms with Gasteiger partial charge in [0.2, 0.25) is 5.91 Å². The lowest BCUT2D eigenvalue weighted by Gasteiger charge is -2.48. The Balaban J connectivity index is 1.27. The zero-order valence-electron chi connectivity index (χ0n) is 21.4. The third-order valence-corrected chi connectivity index (χ3v) is 7.84. The van der Waals surface area contributed by atoms with E-state index in [1.807, 2.05) is 6.92 Å². The van der Waals surface area contributed by atoms with Crippen LogP contribution in [0.1, 0.15) is 61.4 Å². The number of halogens is 3. The second-order valence-corrected chi connectivity index (χ2v) is 10.9. The monoisotopic (exact) mass is 530 g/mol. The van der Waals surface area contributed by atoms with Crippen molar-refractivity contribution in [3.05, 3.63) is 58.9 Å². The molecule has 10 heteroatoms. The summed E-state index contributed by atoms with van der Waals surface area (Å²) in [4.78, 5) is 27.4. The van der Waals surface area contributed by atoms with Crippen LogP contribution in [0.4, 0.5) is 24.5 Å². The van der Waals surface area contributed by atoms with Crippen LogP contribution in [0.25, 0.3) is 0 Å². The number of hydrogen-bond acceptors (Lipinski definition) is 5. The number of carbonyl (C=O) groups excluding carboxylic acids is 2. The maximum atomic E-state index is 14.8. The van der Waals surface area contributed by atoms with Crippen molar-refractivity contribution in [3.8, 4) is 0 Å². The topological polar surface area (TPSA) is 93.7 Å². The molecule has 0 bridgehead atoms. The highest BCUT2D eigenvalue weighted by Crippen LogP contribution is 2.34. The normalized spacial score (nSPS) is 19.7. The van der Waals surface area contributed by atoms with Crippen molar-refractivity contribution < 1.29 is 27.9 Å². The molecule has 3 fully saturated rings. The van der Waals surface area contributed by atoms with Gasteiger partial charge in [0.05, 0.1) is 35.6 Å². The molecule has 204 valence electrons. The second kappa shape index (κ2) is 10.2. The first kappa shape index (κ1) is 26.5. The van der Waals surface area contributed by atoms with Crippen molar-refractivity contribution in [3.63, 3.8) is 0 Å². The van der Waals surface area contributed by atoms with E-state index in [4.69, 9.17) is 0 Å². The van der Waals surface area contributed by atoms with E-state index >= 15 is 0 Å². The lowest BCUT2D eigenvalue weighted by molar-refractivity contribution is -0.129. The summed E-state index contributed by atoms with van der Waals surface area (Å²) in [5.41, 5.74) is -1.97. The number of carbonyl (C=O) groups is 2. The number of amides is 2. The number of β-amino-alcohol motifs (C(OH)–C–C–N with tert-alkyl or cyclic N) is 1. The molecule has 0 aromatic heterocycles. The molecule has 2 amide bonds. The van der Waals surface area contributed by atoms with Crippen molar-refractivity contribution in [2.75, 3.05) is 25.0 Å².